The van der Waals surface area contributed by atoms with Crippen LogP contribution < -0.4 is 0 Å². The van der Waals surface area contributed by atoms with E-state index >= 15 is 0 Å². The van der Waals surface area contributed by atoms with E-state index in [1.807, 2.05) is 60.7 Å². The van der Waals surface area contributed by atoms with Gasteiger partial charge in [0.2, 0.25) is 10.0 Å². The number of hydrogen-bond acceptors (Lipinski definition) is 3. The van der Waals surface area contributed by atoms with Gasteiger partial charge in [0.25, 0.3) is 0 Å². The largest absolute Gasteiger partial charge is 0.298 e. The molecular weight excluding hydrogens is 382 g/mol. The van der Waals surface area contributed by atoms with Crippen LogP contribution >= 0.6 is 0 Å². The maximum Gasteiger partial charge on any atom is 0.243 e. The van der Waals surface area contributed by atoms with Crippen LogP contribution in [-0.4, -0.2) is 31.6 Å². The standard InChI is InChI=1S/C24H23NO3S/c26-23-16-18-25(29(27,28)22-14-8-3-9-15-22)19-17-24(23,20-10-4-1-5-11-20)21-12-6-2-7-13-21/h1-15H,16-19H2. The number of hydrogen-bond donors (Lipinski definition) is 0. The molecule has 1 fully saturated rings. The van der Waals surface area contributed by atoms with Gasteiger partial charge in [-0.15, -0.1) is 0 Å². The minimum absolute atomic E-state index is 0.0562. The molecule has 0 unspecified atom stereocenters. The van der Waals surface area contributed by atoms with Crippen molar-refractivity contribution >= 4 is 15.8 Å². The molecule has 4 nitrogen and oxygen atoms in total. The van der Waals surface area contributed by atoms with Crippen molar-refractivity contribution < 1.29 is 13.2 Å². The normalized spacial score (nSPS) is 17.6. The first-order valence-corrected chi connectivity index (χ1v) is 11.2. The highest BCUT2D eigenvalue weighted by atomic mass is 32.2. The van der Waals surface area contributed by atoms with Crippen LogP contribution in [0.4, 0.5) is 0 Å². The van der Waals surface area contributed by atoms with Crippen LogP contribution in [0.3, 0.4) is 0 Å². The van der Waals surface area contributed by atoms with Gasteiger partial charge in [-0.3, -0.25) is 4.79 Å². The molecule has 148 valence electrons. The zero-order valence-corrected chi connectivity index (χ0v) is 16.9. The number of rotatable bonds is 4. The number of ketones is 1. The molecule has 0 spiro atoms. The Kier molecular flexibility index (Phi) is 5.35. The molecule has 1 aliphatic heterocycles. The average molecular weight is 406 g/mol. The number of benzene rings is 3. The summed E-state index contributed by atoms with van der Waals surface area (Å²) in [6.45, 7) is 0.476. The topological polar surface area (TPSA) is 54.5 Å². The average Bonchev–Trinajstić information content (AvgIpc) is 2.96. The number of Topliss-reactive ketones (excluding diaryl/α,β-unsaturated/α-hetero) is 1. The molecular formula is C24H23NO3S. The predicted octanol–water partition coefficient (Wildman–Crippen LogP) is 4.03. The first-order valence-electron chi connectivity index (χ1n) is 9.75. The van der Waals surface area contributed by atoms with Crippen LogP contribution in [0.25, 0.3) is 0 Å². The summed E-state index contributed by atoms with van der Waals surface area (Å²) in [5, 5.41) is 0. The van der Waals surface area contributed by atoms with Crippen molar-refractivity contribution in [3.05, 3.63) is 102 Å². The number of nitrogens with zero attached hydrogens (tertiary/aromatic N) is 1. The lowest BCUT2D eigenvalue weighted by Gasteiger charge is -2.32. The van der Waals surface area contributed by atoms with Crippen molar-refractivity contribution in [2.75, 3.05) is 13.1 Å². The van der Waals surface area contributed by atoms with E-state index < -0.39 is 15.4 Å². The van der Waals surface area contributed by atoms with Gasteiger partial charge in [-0.05, 0) is 29.7 Å². The molecule has 1 aliphatic rings. The van der Waals surface area contributed by atoms with Crippen molar-refractivity contribution in [1.29, 1.82) is 0 Å². The van der Waals surface area contributed by atoms with Gasteiger partial charge >= 0.3 is 0 Å². The van der Waals surface area contributed by atoms with E-state index in [2.05, 4.69) is 0 Å². The fourth-order valence-electron chi connectivity index (χ4n) is 4.19. The van der Waals surface area contributed by atoms with Crippen molar-refractivity contribution in [3.63, 3.8) is 0 Å². The van der Waals surface area contributed by atoms with Gasteiger partial charge in [0.15, 0.2) is 0 Å². The SMILES string of the molecule is O=C1CCN(S(=O)(=O)c2ccccc2)CCC1(c1ccccc1)c1ccccc1. The summed E-state index contributed by atoms with van der Waals surface area (Å²) >= 11 is 0. The second-order valence-electron chi connectivity index (χ2n) is 7.28. The second-order valence-corrected chi connectivity index (χ2v) is 9.22. The molecule has 0 aliphatic carbocycles. The summed E-state index contributed by atoms with van der Waals surface area (Å²) in [6, 6.07) is 27.8. The lowest BCUT2D eigenvalue weighted by Crippen LogP contribution is -2.37. The fraction of sp³-hybridized carbons (Fsp3) is 0.208. The van der Waals surface area contributed by atoms with Gasteiger partial charge in [0.1, 0.15) is 5.78 Å². The molecule has 1 saturated heterocycles. The van der Waals surface area contributed by atoms with Gasteiger partial charge in [-0.1, -0.05) is 78.9 Å². The van der Waals surface area contributed by atoms with Crippen LogP contribution in [0.5, 0.6) is 0 Å². The van der Waals surface area contributed by atoms with Gasteiger partial charge in [0.05, 0.1) is 10.3 Å². The van der Waals surface area contributed by atoms with E-state index in [1.54, 1.807) is 30.3 Å². The number of carbonyl (C=O) groups is 1. The molecule has 29 heavy (non-hydrogen) atoms. The van der Waals surface area contributed by atoms with E-state index in [0.29, 0.717) is 6.42 Å². The zero-order chi connectivity index (χ0) is 20.3. The molecule has 0 atom stereocenters. The van der Waals surface area contributed by atoms with Crippen molar-refractivity contribution in [1.82, 2.24) is 4.31 Å². The Balaban J connectivity index is 1.77. The molecule has 3 aromatic carbocycles. The Bertz CT molecular complexity index is 1040. The molecule has 0 N–H and O–H groups in total. The highest BCUT2D eigenvalue weighted by Crippen LogP contribution is 2.40. The van der Waals surface area contributed by atoms with E-state index in [4.69, 9.17) is 0 Å². The molecule has 4 rings (SSSR count). The summed E-state index contributed by atoms with van der Waals surface area (Å²) in [5.41, 5.74) is 0.981. The maximum absolute atomic E-state index is 13.5. The molecule has 1 heterocycles. The Hall–Kier alpha value is -2.76. The molecule has 0 aromatic heterocycles. The van der Waals surface area contributed by atoms with Gasteiger partial charge in [-0.25, -0.2) is 8.42 Å². The summed E-state index contributed by atoms with van der Waals surface area (Å²) in [7, 11) is -3.64. The van der Waals surface area contributed by atoms with E-state index in [0.717, 1.165) is 11.1 Å². The smallest absolute Gasteiger partial charge is 0.243 e. The Morgan fingerprint density at radius 3 is 1.69 bits per heavy atom. The summed E-state index contributed by atoms with van der Waals surface area (Å²) < 4.78 is 27.7. The van der Waals surface area contributed by atoms with Gasteiger partial charge in [0, 0.05) is 19.5 Å². The van der Waals surface area contributed by atoms with Gasteiger partial charge in [-0.2, -0.15) is 4.31 Å². The van der Waals surface area contributed by atoms with E-state index in [9.17, 15) is 13.2 Å². The van der Waals surface area contributed by atoms with Crippen molar-refractivity contribution in [2.45, 2.75) is 23.2 Å². The van der Waals surface area contributed by atoms with Crippen molar-refractivity contribution in [3.8, 4) is 0 Å². The minimum atomic E-state index is -3.64. The van der Waals surface area contributed by atoms with E-state index in [1.165, 1.54) is 4.31 Å². The Morgan fingerprint density at radius 2 is 1.17 bits per heavy atom. The zero-order valence-electron chi connectivity index (χ0n) is 16.1. The summed E-state index contributed by atoms with van der Waals surface area (Å²) in [6.07, 6.45) is 0.585. The van der Waals surface area contributed by atoms with Crippen LogP contribution in [-0.2, 0) is 20.2 Å². The predicted molar refractivity (Wildman–Crippen MR) is 113 cm³/mol. The van der Waals surface area contributed by atoms with Crippen molar-refractivity contribution in [2.24, 2.45) is 0 Å². The monoisotopic (exact) mass is 405 g/mol. The summed E-state index contributed by atoms with van der Waals surface area (Å²) in [4.78, 5) is 13.8. The molecule has 0 radical (unpaired) electrons. The Labute approximate surface area is 171 Å². The first kappa shape index (κ1) is 19.6. The minimum Gasteiger partial charge on any atom is -0.298 e. The molecule has 5 heteroatoms. The molecule has 0 bridgehead atoms. The number of sulfonamides is 1. The highest BCUT2D eigenvalue weighted by molar-refractivity contribution is 7.89. The van der Waals surface area contributed by atoms with Crippen LogP contribution in [0.1, 0.15) is 24.0 Å². The lowest BCUT2D eigenvalue weighted by molar-refractivity contribution is -0.122. The molecule has 0 amide bonds. The van der Waals surface area contributed by atoms with E-state index in [-0.39, 0.29) is 30.2 Å². The van der Waals surface area contributed by atoms with Crippen LogP contribution in [0.2, 0.25) is 0 Å². The molecule has 3 aromatic rings. The lowest BCUT2D eigenvalue weighted by atomic mass is 9.68. The maximum atomic E-state index is 13.5. The number of carbonyl (C=O) groups excluding carboxylic acids is 1. The third-order valence-corrected chi connectivity index (χ3v) is 7.63. The van der Waals surface area contributed by atoms with Gasteiger partial charge < -0.3 is 0 Å². The fourth-order valence-corrected chi connectivity index (χ4v) is 5.65. The Morgan fingerprint density at radius 1 is 0.690 bits per heavy atom. The molecule has 0 saturated carbocycles. The second kappa shape index (κ2) is 7.93. The van der Waals surface area contributed by atoms with Crippen LogP contribution in [0, 0.1) is 0 Å². The third kappa shape index (κ3) is 3.52. The third-order valence-electron chi connectivity index (χ3n) is 5.71. The quantitative estimate of drug-likeness (QED) is 0.659. The first-order chi connectivity index (χ1) is 14.0. The van der Waals surface area contributed by atoms with Crippen LogP contribution in [0.15, 0.2) is 95.9 Å². The summed E-state index contributed by atoms with van der Waals surface area (Å²) in [5.74, 6) is 0.0562. The highest BCUT2D eigenvalue weighted by Gasteiger charge is 2.44.